The fourth-order valence-electron chi connectivity index (χ4n) is 2.35. The molecule has 0 saturated heterocycles. The fraction of sp³-hybridized carbons (Fsp3) is 0.286. The third-order valence-corrected chi connectivity index (χ3v) is 3.96. The van der Waals surface area contributed by atoms with E-state index in [2.05, 4.69) is 9.97 Å². The van der Waals surface area contributed by atoms with Crippen LogP contribution in [-0.2, 0) is 19.3 Å². The molecule has 0 unspecified atom stereocenters. The normalized spacial score (nSPS) is 13.6. The number of benzene rings is 1. The van der Waals surface area contributed by atoms with Gasteiger partial charge in [0, 0.05) is 22.7 Å². The molecule has 98 valence electrons. The van der Waals surface area contributed by atoms with Gasteiger partial charge in [-0.15, -0.1) is 0 Å². The summed E-state index contributed by atoms with van der Waals surface area (Å²) in [6.45, 7) is 0. The molecule has 0 radical (unpaired) electrons. The molecule has 2 aromatic rings. The molecule has 1 aromatic heterocycles. The molecule has 0 saturated carbocycles. The molecule has 19 heavy (non-hydrogen) atoms. The van der Waals surface area contributed by atoms with Crippen molar-refractivity contribution in [2.75, 3.05) is 0 Å². The Morgan fingerprint density at radius 2 is 2.00 bits per heavy atom. The summed E-state index contributed by atoms with van der Waals surface area (Å²) >= 11 is 12.2. The van der Waals surface area contributed by atoms with Crippen LogP contribution in [0.15, 0.2) is 18.2 Å². The smallest absolute Gasteiger partial charge is 0.136 e. The minimum Gasteiger partial charge on any atom is -0.237 e. The molecule has 0 amide bonds. The van der Waals surface area contributed by atoms with Crippen LogP contribution in [0.25, 0.3) is 0 Å². The predicted octanol–water partition coefficient (Wildman–Crippen LogP) is 4.00. The first kappa shape index (κ1) is 12.8. The van der Waals surface area contributed by atoms with Crippen molar-refractivity contribution in [3.05, 3.63) is 56.8 Å². The number of hydrogen-bond acceptors (Lipinski definition) is 2. The van der Waals surface area contributed by atoms with Crippen LogP contribution in [0.2, 0.25) is 10.2 Å². The molecule has 3 rings (SSSR count). The summed E-state index contributed by atoms with van der Waals surface area (Å²) in [5, 5.41) is 0.927. The molecule has 0 atom stereocenters. The predicted molar refractivity (Wildman–Crippen MR) is 73.3 cm³/mol. The Morgan fingerprint density at radius 1 is 1.16 bits per heavy atom. The van der Waals surface area contributed by atoms with Gasteiger partial charge < -0.3 is 0 Å². The zero-order chi connectivity index (χ0) is 13.4. The van der Waals surface area contributed by atoms with Crippen molar-refractivity contribution in [1.29, 1.82) is 0 Å². The highest BCUT2D eigenvalue weighted by Gasteiger charge is 2.18. The van der Waals surface area contributed by atoms with E-state index in [1.165, 1.54) is 12.1 Å². The Labute approximate surface area is 120 Å². The minimum absolute atomic E-state index is 0.346. The fourth-order valence-corrected chi connectivity index (χ4v) is 2.88. The van der Waals surface area contributed by atoms with Gasteiger partial charge in [-0.2, -0.15) is 0 Å². The van der Waals surface area contributed by atoms with E-state index in [1.54, 1.807) is 6.07 Å². The number of rotatable bonds is 2. The monoisotopic (exact) mass is 296 g/mol. The number of hydrogen-bond donors (Lipinski definition) is 0. The van der Waals surface area contributed by atoms with E-state index < -0.39 is 0 Å². The van der Waals surface area contributed by atoms with E-state index in [-0.39, 0.29) is 5.82 Å². The van der Waals surface area contributed by atoms with Gasteiger partial charge in [0.25, 0.3) is 0 Å². The number of fused-ring (bicyclic) bond motifs is 1. The second-order valence-electron chi connectivity index (χ2n) is 4.62. The van der Waals surface area contributed by atoms with Crippen LogP contribution in [0.1, 0.15) is 29.1 Å². The first-order chi connectivity index (χ1) is 9.13. The summed E-state index contributed by atoms with van der Waals surface area (Å²) in [6.07, 6.45) is 3.43. The van der Waals surface area contributed by atoms with Crippen LogP contribution in [-0.4, -0.2) is 9.97 Å². The zero-order valence-corrected chi connectivity index (χ0v) is 11.6. The molecule has 5 heteroatoms. The molecule has 0 spiro atoms. The zero-order valence-electron chi connectivity index (χ0n) is 10.1. The van der Waals surface area contributed by atoms with E-state index in [0.717, 1.165) is 36.1 Å². The maximum Gasteiger partial charge on any atom is 0.136 e. The molecule has 1 aliphatic carbocycles. The van der Waals surface area contributed by atoms with Crippen molar-refractivity contribution in [3.8, 4) is 0 Å². The van der Waals surface area contributed by atoms with Crippen molar-refractivity contribution in [1.82, 2.24) is 9.97 Å². The van der Waals surface area contributed by atoms with Gasteiger partial charge in [0.1, 0.15) is 16.8 Å². The minimum atomic E-state index is -0.346. The highest BCUT2D eigenvalue weighted by Crippen LogP contribution is 2.27. The number of nitrogens with zero attached hydrogens (tertiary/aromatic N) is 2. The lowest BCUT2D eigenvalue weighted by atomic mass is 10.1. The molecular weight excluding hydrogens is 286 g/mol. The van der Waals surface area contributed by atoms with Gasteiger partial charge in [0.15, 0.2) is 0 Å². The van der Waals surface area contributed by atoms with Crippen LogP contribution in [0.3, 0.4) is 0 Å². The molecule has 1 aromatic carbocycles. The second-order valence-corrected chi connectivity index (χ2v) is 5.39. The number of halogens is 3. The summed E-state index contributed by atoms with van der Waals surface area (Å²) in [6, 6.07) is 4.34. The quantitative estimate of drug-likeness (QED) is 0.783. The van der Waals surface area contributed by atoms with E-state index in [1.807, 2.05) is 0 Å². The van der Waals surface area contributed by atoms with Crippen LogP contribution >= 0.6 is 23.2 Å². The van der Waals surface area contributed by atoms with Crippen LogP contribution in [0.4, 0.5) is 4.39 Å². The van der Waals surface area contributed by atoms with Crippen LogP contribution in [0, 0.1) is 5.82 Å². The molecule has 0 bridgehead atoms. The maximum atomic E-state index is 13.0. The first-order valence-corrected chi connectivity index (χ1v) is 6.87. The highest BCUT2D eigenvalue weighted by molar-refractivity contribution is 6.31. The van der Waals surface area contributed by atoms with Crippen LogP contribution in [0.5, 0.6) is 0 Å². The molecular formula is C14H11Cl2FN2. The van der Waals surface area contributed by atoms with Gasteiger partial charge in [0.2, 0.25) is 0 Å². The first-order valence-electron chi connectivity index (χ1n) is 6.11. The van der Waals surface area contributed by atoms with E-state index >= 15 is 0 Å². The van der Waals surface area contributed by atoms with Crippen molar-refractivity contribution >= 4 is 23.2 Å². The maximum absolute atomic E-state index is 13.0. The molecule has 1 heterocycles. The topological polar surface area (TPSA) is 25.8 Å². The van der Waals surface area contributed by atoms with E-state index in [0.29, 0.717) is 22.4 Å². The van der Waals surface area contributed by atoms with Crippen molar-refractivity contribution in [2.45, 2.75) is 25.7 Å². The van der Waals surface area contributed by atoms with E-state index in [9.17, 15) is 4.39 Å². The second kappa shape index (κ2) is 5.06. The van der Waals surface area contributed by atoms with Gasteiger partial charge in [0.05, 0.1) is 0 Å². The molecule has 0 N–H and O–H groups in total. The Hall–Kier alpha value is -1.19. The summed E-state index contributed by atoms with van der Waals surface area (Å²) < 4.78 is 13.0. The van der Waals surface area contributed by atoms with Gasteiger partial charge in [-0.1, -0.05) is 29.3 Å². The van der Waals surface area contributed by atoms with Gasteiger partial charge in [-0.3, -0.25) is 0 Å². The number of aromatic nitrogens is 2. The molecule has 2 nitrogen and oxygen atoms in total. The summed E-state index contributed by atoms with van der Waals surface area (Å²) in [7, 11) is 0. The Balaban J connectivity index is 1.93. The Bertz CT molecular complexity index is 644. The summed E-state index contributed by atoms with van der Waals surface area (Å²) in [5.74, 6) is 0.292. The number of aryl methyl sites for hydroxylation is 1. The average molecular weight is 297 g/mol. The average Bonchev–Trinajstić information content (AvgIpc) is 2.81. The SMILES string of the molecule is Fc1ccc(Cc2nc(Cl)c3c(n2)CCC3)c(Cl)c1. The largest absolute Gasteiger partial charge is 0.237 e. The van der Waals surface area contributed by atoms with Crippen molar-refractivity contribution in [2.24, 2.45) is 0 Å². The summed E-state index contributed by atoms with van der Waals surface area (Å²) in [5.41, 5.74) is 2.90. The third-order valence-electron chi connectivity index (χ3n) is 3.29. The third kappa shape index (κ3) is 2.58. The lowest BCUT2D eigenvalue weighted by Gasteiger charge is -2.07. The van der Waals surface area contributed by atoms with Crippen molar-refractivity contribution in [3.63, 3.8) is 0 Å². The molecule has 0 fully saturated rings. The summed E-state index contributed by atoms with van der Waals surface area (Å²) in [4.78, 5) is 8.83. The highest BCUT2D eigenvalue weighted by atomic mass is 35.5. The van der Waals surface area contributed by atoms with Crippen LogP contribution < -0.4 is 0 Å². The standard InChI is InChI=1S/C14H11Cl2FN2/c15-11-7-9(17)5-4-8(11)6-13-18-12-3-1-2-10(12)14(16)19-13/h4-5,7H,1-3,6H2. The molecule has 1 aliphatic rings. The van der Waals surface area contributed by atoms with Gasteiger partial charge in [-0.05, 0) is 37.0 Å². The van der Waals surface area contributed by atoms with E-state index in [4.69, 9.17) is 23.2 Å². The molecule has 0 aliphatic heterocycles. The van der Waals surface area contributed by atoms with Gasteiger partial charge in [-0.25, -0.2) is 14.4 Å². The lowest BCUT2D eigenvalue weighted by Crippen LogP contribution is -2.02. The van der Waals surface area contributed by atoms with Crippen molar-refractivity contribution < 1.29 is 4.39 Å². The Morgan fingerprint density at radius 3 is 2.79 bits per heavy atom. The lowest BCUT2D eigenvalue weighted by molar-refractivity contribution is 0.627. The Kier molecular flexibility index (Phi) is 3.42. The van der Waals surface area contributed by atoms with Gasteiger partial charge >= 0.3 is 0 Å².